The Bertz CT molecular complexity index is 628. The molecule has 21 heavy (non-hydrogen) atoms. The highest BCUT2D eigenvalue weighted by atomic mass is 14.7. The van der Waals surface area contributed by atoms with Crippen LogP contribution in [-0.2, 0) is 6.54 Å². The molecule has 0 amide bonds. The van der Waals surface area contributed by atoms with Crippen LogP contribution in [0.15, 0.2) is 65.7 Å². The molecule has 0 aliphatic carbocycles. The summed E-state index contributed by atoms with van der Waals surface area (Å²) in [7, 11) is 0. The topological polar surface area (TPSA) is 12.4 Å². The molecular formula is C20H21N. The minimum atomic E-state index is -0.00341. The van der Waals surface area contributed by atoms with E-state index in [-0.39, 0.29) is 5.41 Å². The zero-order chi connectivity index (χ0) is 15.0. The molecule has 0 aliphatic rings. The molecule has 2 aromatic rings. The molecule has 0 fully saturated rings. The van der Waals surface area contributed by atoms with Crippen molar-refractivity contribution in [1.29, 1.82) is 0 Å². The average Bonchev–Trinajstić information content (AvgIpc) is 2.49. The van der Waals surface area contributed by atoms with Gasteiger partial charge in [0, 0.05) is 23.6 Å². The average molecular weight is 275 g/mol. The van der Waals surface area contributed by atoms with E-state index in [1.807, 2.05) is 54.7 Å². The third-order valence-corrected chi connectivity index (χ3v) is 3.11. The molecule has 0 unspecified atom stereocenters. The quantitative estimate of drug-likeness (QED) is 0.565. The lowest BCUT2D eigenvalue weighted by Crippen LogP contribution is -2.12. The molecule has 0 spiro atoms. The van der Waals surface area contributed by atoms with Gasteiger partial charge >= 0.3 is 0 Å². The van der Waals surface area contributed by atoms with E-state index in [1.165, 1.54) is 5.56 Å². The van der Waals surface area contributed by atoms with Crippen molar-refractivity contribution >= 4 is 6.21 Å². The van der Waals surface area contributed by atoms with Crippen molar-refractivity contribution in [3.8, 4) is 11.8 Å². The molecule has 0 aliphatic heterocycles. The molecule has 2 rings (SSSR count). The monoisotopic (exact) mass is 275 g/mol. The second kappa shape index (κ2) is 7.45. The van der Waals surface area contributed by atoms with Crippen LogP contribution < -0.4 is 0 Å². The summed E-state index contributed by atoms with van der Waals surface area (Å²) in [5.74, 6) is 6.45. The first-order chi connectivity index (χ1) is 10.2. The summed E-state index contributed by atoms with van der Waals surface area (Å²) >= 11 is 0. The van der Waals surface area contributed by atoms with Gasteiger partial charge in [-0.05, 0) is 17.7 Å². The standard InChI is InChI=1S/C20H21N/c1-20(2,15-9-14-18-10-5-3-6-11-18)17-21-16-19-12-7-4-8-13-19/h3-8,10-13,17H,15-16H2,1-2H3. The van der Waals surface area contributed by atoms with Gasteiger partial charge in [0.05, 0.1) is 6.54 Å². The summed E-state index contributed by atoms with van der Waals surface area (Å²) in [6, 6.07) is 20.4. The molecule has 106 valence electrons. The summed E-state index contributed by atoms with van der Waals surface area (Å²) in [6.45, 7) is 5.07. The lowest BCUT2D eigenvalue weighted by atomic mass is 9.91. The zero-order valence-corrected chi connectivity index (χ0v) is 12.7. The normalized spacial score (nSPS) is 11.1. The number of rotatable bonds is 4. The van der Waals surface area contributed by atoms with Crippen LogP contribution in [0.2, 0.25) is 0 Å². The number of hydrogen-bond acceptors (Lipinski definition) is 1. The Morgan fingerprint density at radius 1 is 0.952 bits per heavy atom. The van der Waals surface area contributed by atoms with Crippen molar-refractivity contribution in [3.63, 3.8) is 0 Å². The van der Waals surface area contributed by atoms with E-state index in [9.17, 15) is 0 Å². The van der Waals surface area contributed by atoms with Crippen molar-refractivity contribution in [2.45, 2.75) is 26.8 Å². The summed E-state index contributed by atoms with van der Waals surface area (Å²) < 4.78 is 0. The first-order valence-corrected chi connectivity index (χ1v) is 7.25. The van der Waals surface area contributed by atoms with Gasteiger partial charge < -0.3 is 0 Å². The second-order valence-electron chi connectivity index (χ2n) is 5.79. The van der Waals surface area contributed by atoms with Gasteiger partial charge in [0.15, 0.2) is 0 Å². The van der Waals surface area contributed by atoms with Gasteiger partial charge in [-0.2, -0.15) is 0 Å². The summed E-state index contributed by atoms with van der Waals surface area (Å²) in [4.78, 5) is 4.55. The second-order valence-corrected chi connectivity index (χ2v) is 5.79. The van der Waals surface area contributed by atoms with Crippen LogP contribution >= 0.6 is 0 Å². The van der Waals surface area contributed by atoms with Crippen LogP contribution in [0.4, 0.5) is 0 Å². The lowest BCUT2D eigenvalue weighted by molar-refractivity contribution is 0.553. The van der Waals surface area contributed by atoms with Gasteiger partial charge in [0.1, 0.15) is 0 Å². The highest BCUT2D eigenvalue weighted by Gasteiger charge is 2.12. The number of hydrogen-bond donors (Lipinski definition) is 0. The maximum Gasteiger partial charge on any atom is 0.0636 e. The molecule has 0 radical (unpaired) electrons. The van der Waals surface area contributed by atoms with Crippen molar-refractivity contribution in [2.24, 2.45) is 10.4 Å². The fourth-order valence-corrected chi connectivity index (χ4v) is 1.92. The van der Waals surface area contributed by atoms with Crippen LogP contribution in [0.5, 0.6) is 0 Å². The van der Waals surface area contributed by atoms with Gasteiger partial charge in [-0.25, -0.2) is 0 Å². The molecular weight excluding hydrogens is 254 g/mol. The van der Waals surface area contributed by atoms with Crippen LogP contribution in [0, 0.1) is 17.3 Å². The van der Waals surface area contributed by atoms with Crippen LogP contribution in [0.25, 0.3) is 0 Å². The summed E-state index contributed by atoms with van der Waals surface area (Å²) in [6.07, 6.45) is 2.83. The van der Waals surface area contributed by atoms with Crippen LogP contribution in [0.3, 0.4) is 0 Å². The Labute approximate surface area is 127 Å². The third kappa shape index (κ3) is 5.67. The van der Waals surface area contributed by atoms with E-state index in [0.717, 1.165) is 18.5 Å². The highest BCUT2D eigenvalue weighted by molar-refractivity contribution is 5.65. The maximum absolute atomic E-state index is 4.55. The minimum absolute atomic E-state index is 0.00341. The Kier molecular flexibility index (Phi) is 5.35. The minimum Gasteiger partial charge on any atom is -0.292 e. The molecule has 0 aromatic heterocycles. The van der Waals surface area contributed by atoms with Crippen molar-refractivity contribution in [2.75, 3.05) is 0 Å². The fraction of sp³-hybridized carbons (Fsp3) is 0.250. The third-order valence-electron chi connectivity index (χ3n) is 3.11. The SMILES string of the molecule is CC(C)(C=NCc1ccccc1)CC#Cc1ccccc1. The molecule has 1 heteroatoms. The molecule has 0 atom stereocenters. The number of aliphatic imine (C=N–C) groups is 1. The van der Waals surface area contributed by atoms with E-state index in [0.29, 0.717) is 0 Å². The first-order valence-electron chi connectivity index (χ1n) is 7.25. The van der Waals surface area contributed by atoms with Gasteiger partial charge in [0.2, 0.25) is 0 Å². The molecule has 0 heterocycles. The zero-order valence-electron chi connectivity index (χ0n) is 12.7. The maximum atomic E-state index is 4.55. The van der Waals surface area contributed by atoms with Crippen molar-refractivity contribution < 1.29 is 0 Å². The van der Waals surface area contributed by atoms with Gasteiger partial charge in [-0.15, -0.1) is 0 Å². The Morgan fingerprint density at radius 2 is 1.57 bits per heavy atom. The molecule has 0 saturated carbocycles. The lowest BCUT2D eigenvalue weighted by Gasteiger charge is -2.15. The molecule has 2 aromatic carbocycles. The first kappa shape index (κ1) is 15.1. The molecule has 0 bridgehead atoms. The van der Waals surface area contributed by atoms with Gasteiger partial charge in [-0.1, -0.05) is 74.2 Å². The Balaban J connectivity index is 1.88. The largest absolute Gasteiger partial charge is 0.292 e. The van der Waals surface area contributed by atoms with Crippen molar-refractivity contribution in [3.05, 3.63) is 71.8 Å². The number of benzene rings is 2. The summed E-state index contributed by atoms with van der Waals surface area (Å²) in [5, 5.41) is 0. The van der Waals surface area contributed by atoms with Crippen LogP contribution in [0.1, 0.15) is 31.4 Å². The fourth-order valence-electron chi connectivity index (χ4n) is 1.92. The molecule has 0 N–H and O–H groups in total. The van der Waals surface area contributed by atoms with E-state index >= 15 is 0 Å². The molecule has 0 saturated heterocycles. The Morgan fingerprint density at radius 3 is 2.24 bits per heavy atom. The van der Waals surface area contributed by atoms with E-state index in [4.69, 9.17) is 0 Å². The van der Waals surface area contributed by atoms with Gasteiger partial charge in [-0.3, -0.25) is 4.99 Å². The molecule has 1 nitrogen and oxygen atoms in total. The van der Waals surface area contributed by atoms with E-state index in [2.05, 4.69) is 42.8 Å². The highest BCUT2D eigenvalue weighted by Crippen LogP contribution is 2.17. The van der Waals surface area contributed by atoms with Crippen LogP contribution in [-0.4, -0.2) is 6.21 Å². The smallest absolute Gasteiger partial charge is 0.0636 e. The van der Waals surface area contributed by atoms with E-state index < -0.39 is 0 Å². The predicted molar refractivity (Wildman–Crippen MR) is 90.4 cm³/mol. The number of nitrogens with zero attached hydrogens (tertiary/aromatic N) is 1. The van der Waals surface area contributed by atoms with E-state index in [1.54, 1.807) is 0 Å². The Hall–Kier alpha value is -2.33. The summed E-state index contributed by atoms with van der Waals surface area (Å²) in [5.41, 5.74) is 2.30. The van der Waals surface area contributed by atoms with Gasteiger partial charge in [0.25, 0.3) is 0 Å². The predicted octanol–water partition coefficient (Wildman–Crippen LogP) is 4.73. The van der Waals surface area contributed by atoms with Crippen molar-refractivity contribution in [1.82, 2.24) is 0 Å².